The van der Waals surface area contributed by atoms with Gasteiger partial charge in [0.1, 0.15) is 6.54 Å². The highest BCUT2D eigenvalue weighted by Gasteiger charge is 1.99. The molecule has 1 aromatic heterocycles. The van der Waals surface area contributed by atoms with Gasteiger partial charge in [-0.1, -0.05) is 7.43 Å². The van der Waals surface area contributed by atoms with Crippen molar-refractivity contribution in [1.82, 2.24) is 9.55 Å². The van der Waals surface area contributed by atoms with Crippen LogP contribution in [-0.4, -0.2) is 20.6 Å². The molecule has 62 valence electrons. The van der Waals surface area contributed by atoms with E-state index in [9.17, 15) is 4.79 Å². The summed E-state index contributed by atoms with van der Waals surface area (Å²) in [4.78, 5) is 13.9. The van der Waals surface area contributed by atoms with Gasteiger partial charge in [-0.15, -0.1) is 0 Å². The Morgan fingerprint density at radius 1 is 1.82 bits per heavy atom. The van der Waals surface area contributed by atoms with Gasteiger partial charge in [0.2, 0.25) is 0 Å². The Morgan fingerprint density at radius 3 is 2.82 bits per heavy atom. The van der Waals surface area contributed by atoms with Crippen molar-refractivity contribution in [2.24, 2.45) is 0 Å². The first kappa shape index (κ1) is 9.68. The summed E-state index contributed by atoms with van der Waals surface area (Å²) in [6, 6.07) is 0. The molecule has 0 amide bonds. The van der Waals surface area contributed by atoms with Gasteiger partial charge in [0, 0.05) is 11.9 Å². The molecule has 4 nitrogen and oxygen atoms in total. The smallest absolute Gasteiger partial charge is 0.323 e. The van der Waals surface area contributed by atoms with Crippen LogP contribution in [0, 0.1) is 6.92 Å². The van der Waals surface area contributed by atoms with E-state index < -0.39 is 5.97 Å². The fraction of sp³-hybridized carbons (Fsp3) is 0.429. The molecule has 0 aromatic carbocycles. The molecule has 0 bridgehead atoms. The Balaban J connectivity index is 0.000001000. The predicted molar refractivity (Wildman–Crippen MR) is 41.3 cm³/mol. The number of hydrogen-bond acceptors (Lipinski definition) is 2. The van der Waals surface area contributed by atoms with Crippen LogP contribution in [0.4, 0.5) is 0 Å². The molecule has 4 heteroatoms. The number of aromatic nitrogens is 2. The maximum absolute atomic E-state index is 10.2. The molecule has 0 unspecified atom stereocenters. The molecule has 1 heterocycles. The average molecular weight is 156 g/mol. The molecular weight excluding hydrogens is 144 g/mol. The van der Waals surface area contributed by atoms with E-state index in [0.29, 0.717) is 0 Å². The third-order valence-corrected chi connectivity index (χ3v) is 1.23. The van der Waals surface area contributed by atoms with Gasteiger partial charge in [-0.05, 0) is 6.92 Å². The lowest BCUT2D eigenvalue weighted by atomic mass is 10.5. The van der Waals surface area contributed by atoms with Gasteiger partial charge in [-0.2, -0.15) is 0 Å². The van der Waals surface area contributed by atoms with Crippen molar-refractivity contribution in [3.63, 3.8) is 0 Å². The van der Waals surface area contributed by atoms with Crippen LogP contribution in [0.1, 0.15) is 13.1 Å². The minimum atomic E-state index is -0.846. The number of nitrogens with zero attached hydrogens (tertiary/aromatic N) is 2. The number of imidazole rings is 1. The molecule has 0 aliphatic carbocycles. The van der Waals surface area contributed by atoms with Crippen molar-refractivity contribution in [3.8, 4) is 0 Å². The molecule has 1 rings (SSSR count). The first-order chi connectivity index (χ1) is 4.70. The van der Waals surface area contributed by atoms with Crippen LogP contribution in [0.5, 0.6) is 0 Å². The zero-order valence-electron chi connectivity index (χ0n) is 5.61. The first-order valence-electron chi connectivity index (χ1n) is 2.88. The van der Waals surface area contributed by atoms with Gasteiger partial charge in [-0.25, -0.2) is 4.98 Å². The second-order valence-corrected chi connectivity index (χ2v) is 2.06. The minimum Gasteiger partial charge on any atom is -0.480 e. The quantitative estimate of drug-likeness (QED) is 0.692. The number of carboxylic acids is 1. The van der Waals surface area contributed by atoms with Gasteiger partial charge in [0.05, 0.1) is 6.33 Å². The van der Waals surface area contributed by atoms with Gasteiger partial charge in [-0.3, -0.25) is 4.79 Å². The Hall–Kier alpha value is -1.32. The summed E-state index contributed by atoms with van der Waals surface area (Å²) in [5, 5.41) is 8.36. The van der Waals surface area contributed by atoms with E-state index in [1.54, 1.807) is 10.8 Å². The fourth-order valence-electron chi connectivity index (χ4n) is 0.698. The highest BCUT2D eigenvalue weighted by molar-refractivity contribution is 5.66. The van der Waals surface area contributed by atoms with Crippen molar-refractivity contribution in [1.29, 1.82) is 0 Å². The maximum atomic E-state index is 10.2. The third-order valence-electron chi connectivity index (χ3n) is 1.23. The number of aliphatic carboxylic acids is 1. The molecule has 0 fully saturated rings. The van der Waals surface area contributed by atoms with Gasteiger partial charge in [0.15, 0.2) is 0 Å². The normalized spacial score (nSPS) is 8.82. The molecule has 0 aliphatic heterocycles. The number of carboxylic acid groups (broad SMARTS) is 1. The zero-order chi connectivity index (χ0) is 7.56. The highest BCUT2D eigenvalue weighted by Crippen LogP contribution is 1.94. The van der Waals surface area contributed by atoms with Crippen molar-refractivity contribution in [3.05, 3.63) is 18.2 Å². The number of carbonyl (C=O) groups is 1. The maximum Gasteiger partial charge on any atom is 0.323 e. The second kappa shape index (κ2) is 3.75. The van der Waals surface area contributed by atoms with Gasteiger partial charge >= 0.3 is 5.97 Å². The summed E-state index contributed by atoms with van der Waals surface area (Å²) in [7, 11) is 0. The van der Waals surface area contributed by atoms with E-state index in [2.05, 4.69) is 4.98 Å². The van der Waals surface area contributed by atoms with Gasteiger partial charge in [0.25, 0.3) is 0 Å². The average Bonchev–Trinajstić information content (AvgIpc) is 2.15. The van der Waals surface area contributed by atoms with Crippen LogP contribution in [0.2, 0.25) is 0 Å². The number of hydrogen-bond donors (Lipinski definition) is 1. The van der Waals surface area contributed by atoms with Crippen LogP contribution in [0.3, 0.4) is 0 Å². The molecule has 0 saturated carbocycles. The predicted octanol–water partition coefficient (Wildman–Crippen LogP) is 0.912. The topological polar surface area (TPSA) is 55.1 Å². The molecule has 0 radical (unpaired) electrons. The van der Waals surface area contributed by atoms with E-state index in [1.165, 1.54) is 6.33 Å². The first-order valence-corrected chi connectivity index (χ1v) is 2.88. The molecule has 0 aliphatic rings. The molecule has 1 N–H and O–H groups in total. The largest absolute Gasteiger partial charge is 0.480 e. The van der Waals surface area contributed by atoms with Crippen LogP contribution in [0.15, 0.2) is 12.5 Å². The Labute approximate surface area is 65.5 Å². The van der Waals surface area contributed by atoms with E-state index in [-0.39, 0.29) is 14.0 Å². The van der Waals surface area contributed by atoms with Crippen molar-refractivity contribution in [2.45, 2.75) is 20.9 Å². The molecule has 11 heavy (non-hydrogen) atoms. The standard InChI is InChI=1S/C6H8N2O2.CH4/c1-5-2-7-4-8(5)3-6(9)10;/h2,4H,3H2,1H3,(H,9,10);1H4. The zero-order valence-corrected chi connectivity index (χ0v) is 5.61. The van der Waals surface area contributed by atoms with Crippen molar-refractivity contribution >= 4 is 5.97 Å². The second-order valence-electron chi connectivity index (χ2n) is 2.06. The van der Waals surface area contributed by atoms with Crippen LogP contribution >= 0.6 is 0 Å². The van der Waals surface area contributed by atoms with Crippen LogP contribution in [0.25, 0.3) is 0 Å². The lowest BCUT2D eigenvalue weighted by Crippen LogP contribution is -2.08. The lowest BCUT2D eigenvalue weighted by Gasteiger charge is -1.97. The lowest BCUT2D eigenvalue weighted by molar-refractivity contribution is -0.137. The van der Waals surface area contributed by atoms with Crippen LogP contribution in [-0.2, 0) is 11.3 Å². The number of aryl methyl sites for hydroxylation is 1. The Bertz CT molecular complexity index is 242. The highest BCUT2D eigenvalue weighted by atomic mass is 16.4. The Morgan fingerprint density at radius 2 is 2.45 bits per heavy atom. The summed E-state index contributed by atoms with van der Waals surface area (Å²) in [6.45, 7) is 1.81. The third kappa shape index (κ3) is 2.41. The SMILES string of the molecule is C.Cc1cncn1CC(=O)O. The van der Waals surface area contributed by atoms with E-state index in [0.717, 1.165) is 5.69 Å². The number of rotatable bonds is 2. The summed E-state index contributed by atoms with van der Waals surface area (Å²) < 4.78 is 1.57. The van der Waals surface area contributed by atoms with Crippen molar-refractivity contribution < 1.29 is 9.90 Å². The van der Waals surface area contributed by atoms with Crippen molar-refractivity contribution in [2.75, 3.05) is 0 Å². The molecular formula is C7H12N2O2. The summed E-state index contributed by atoms with van der Waals surface area (Å²) in [5.74, 6) is -0.846. The molecule has 0 saturated heterocycles. The summed E-state index contributed by atoms with van der Waals surface area (Å²) in [5.41, 5.74) is 0.863. The summed E-state index contributed by atoms with van der Waals surface area (Å²) >= 11 is 0. The van der Waals surface area contributed by atoms with Crippen LogP contribution < -0.4 is 0 Å². The Kier molecular flexibility index (Phi) is 3.30. The minimum absolute atomic E-state index is 0. The van der Waals surface area contributed by atoms with E-state index in [4.69, 9.17) is 5.11 Å². The molecule has 1 aromatic rings. The van der Waals surface area contributed by atoms with Gasteiger partial charge < -0.3 is 9.67 Å². The molecule has 0 atom stereocenters. The summed E-state index contributed by atoms with van der Waals surface area (Å²) in [6.07, 6.45) is 3.13. The monoisotopic (exact) mass is 156 g/mol. The van der Waals surface area contributed by atoms with E-state index in [1.807, 2.05) is 6.92 Å². The fourth-order valence-corrected chi connectivity index (χ4v) is 0.698. The molecule has 0 spiro atoms. The van der Waals surface area contributed by atoms with E-state index >= 15 is 0 Å².